The maximum atomic E-state index is 11.8. The van der Waals surface area contributed by atoms with Crippen LogP contribution < -0.4 is 0 Å². The lowest BCUT2D eigenvalue weighted by Crippen LogP contribution is -2.48. The molecule has 2 aliphatic rings. The van der Waals surface area contributed by atoms with Crippen LogP contribution in [0.4, 0.5) is 0 Å². The van der Waals surface area contributed by atoms with Gasteiger partial charge in [-0.1, -0.05) is 13.8 Å². The molecule has 80 valence electrons. The number of fused-ring (bicyclic) bond motifs is 2. The first kappa shape index (κ1) is 10.4. The molecule has 2 atom stereocenters. The Labute approximate surface area is 88.2 Å². The topological polar surface area (TPSA) is 51.2 Å². The second kappa shape index (κ2) is 2.53. The summed E-state index contributed by atoms with van der Waals surface area (Å²) < 4.78 is 21.9. The van der Waals surface area contributed by atoms with Crippen molar-refractivity contribution < 1.29 is 13.2 Å². The first-order chi connectivity index (χ1) is 6.23. The van der Waals surface area contributed by atoms with Crippen molar-refractivity contribution in [3.05, 3.63) is 0 Å². The standard InChI is InChI=1S/C9H13ClO3S/c1-8(2)6-3-4-9(8,7(11)5-6)14(10,12)13/h6H,3-5H2,1-2H3/t6-,9-/m0/s1. The smallest absolute Gasteiger partial charge is 0.245 e. The molecule has 5 heteroatoms. The Morgan fingerprint density at radius 3 is 2.21 bits per heavy atom. The van der Waals surface area contributed by atoms with E-state index in [0.29, 0.717) is 12.8 Å². The minimum absolute atomic E-state index is 0.184. The molecule has 0 heterocycles. The number of Topliss-reactive ketones (excluding diaryl/α,β-unsaturated/α-hetero) is 1. The van der Waals surface area contributed by atoms with Gasteiger partial charge in [0.1, 0.15) is 0 Å². The van der Waals surface area contributed by atoms with Crippen LogP contribution >= 0.6 is 10.7 Å². The van der Waals surface area contributed by atoms with Gasteiger partial charge >= 0.3 is 0 Å². The molecular formula is C9H13ClO3S. The van der Waals surface area contributed by atoms with Crippen LogP contribution in [0.1, 0.15) is 33.1 Å². The number of carbonyl (C=O) groups excluding carboxylic acids is 1. The normalized spacial score (nSPS) is 40.5. The number of carbonyl (C=O) groups is 1. The average Bonchev–Trinajstić information content (AvgIpc) is 2.34. The van der Waals surface area contributed by atoms with E-state index in [-0.39, 0.29) is 11.7 Å². The Kier molecular flexibility index (Phi) is 1.88. The van der Waals surface area contributed by atoms with Gasteiger partial charge in [-0.25, -0.2) is 8.42 Å². The molecule has 0 aromatic rings. The lowest BCUT2D eigenvalue weighted by Gasteiger charge is -2.32. The molecule has 2 rings (SSSR count). The van der Waals surface area contributed by atoms with Crippen molar-refractivity contribution in [2.45, 2.75) is 37.9 Å². The molecular weight excluding hydrogens is 224 g/mol. The van der Waals surface area contributed by atoms with Crippen LogP contribution in [0.5, 0.6) is 0 Å². The van der Waals surface area contributed by atoms with E-state index < -0.39 is 19.2 Å². The molecule has 3 nitrogen and oxygen atoms in total. The maximum absolute atomic E-state index is 11.8. The third-order valence-corrected chi connectivity index (χ3v) is 6.79. The van der Waals surface area contributed by atoms with Crippen LogP contribution in [-0.2, 0) is 13.8 Å². The molecule has 0 unspecified atom stereocenters. The highest BCUT2D eigenvalue weighted by molar-refractivity contribution is 8.15. The monoisotopic (exact) mass is 236 g/mol. The zero-order chi connectivity index (χ0) is 10.8. The summed E-state index contributed by atoms with van der Waals surface area (Å²) in [6.45, 7) is 3.69. The van der Waals surface area contributed by atoms with Gasteiger partial charge in [0.25, 0.3) is 0 Å². The van der Waals surface area contributed by atoms with Crippen LogP contribution in [0.2, 0.25) is 0 Å². The molecule has 0 amide bonds. The van der Waals surface area contributed by atoms with Crippen LogP contribution in [0.15, 0.2) is 0 Å². The molecule has 0 aliphatic heterocycles. The van der Waals surface area contributed by atoms with Crippen molar-refractivity contribution in [3.8, 4) is 0 Å². The van der Waals surface area contributed by atoms with Gasteiger partial charge in [0.2, 0.25) is 9.05 Å². The number of hydrogen-bond donors (Lipinski definition) is 0. The van der Waals surface area contributed by atoms with E-state index in [2.05, 4.69) is 0 Å². The highest BCUT2D eigenvalue weighted by atomic mass is 35.7. The Morgan fingerprint density at radius 2 is 2.00 bits per heavy atom. The summed E-state index contributed by atoms with van der Waals surface area (Å²) in [5.41, 5.74) is -0.495. The van der Waals surface area contributed by atoms with Gasteiger partial charge in [-0.2, -0.15) is 0 Å². The zero-order valence-corrected chi connectivity index (χ0v) is 9.78. The Bertz CT molecular complexity index is 398. The summed E-state index contributed by atoms with van der Waals surface area (Å²) >= 11 is 0. The van der Waals surface area contributed by atoms with E-state index in [1.54, 1.807) is 0 Å². The Balaban J connectivity index is 2.68. The first-order valence-electron chi connectivity index (χ1n) is 4.71. The van der Waals surface area contributed by atoms with Gasteiger partial charge in [0.15, 0.2) is 10.5 Å². The van der Waals surface area contributed by atoms with Gasteiger partial charge in [-0.05, 0) is 24.2 Å². The molecule has 0 N–H and O–H groups in total. The van der Waals surface area contributed by atoms with E-state index in [1.165, 1.54) is 0 Å². The van der Waals surface area contributed by atoms with Gasteiger partial charge < -0.3 is 0 Å². The second-order valence-electron chi connectivity index (χ2n) is 4.85. The molecule has 14 heavy (non-hydrogen) atoms. The van der Waals surface area contributed by atoms with Gasteiger partial charge in [0, 0.05) is 17.1 Å². The number of ketones is 1. The third kappa shape index (κ3) is 0.890. The molecule has 0 saturated heterocycles. The zero-order valence-electron chi connectivity index (χ0n) is 8.21. The lowest BCUT2D eigenvalue weighted by molar-refractivity contribution is -0.121. The predicted molar refractivity (Wildman–Crippen MR) is 53.6 cm³/mol. The molecule has 0 radical (unpaired) electrons. The molecule has 0 spiro atoms. The quantitative estimate of drug-likeness (QED) is 0.652. The lowest BCUT2D eigenvalue weighted by atomic mass is 9.81. The largest absolute Gasteiger partial charge is 0.298 e. The molecule has 2 saturated carbocycles. The second-order valence-corrected chi connectivity index (χ2v) is 7.64. The highest BCUT2D eigenvalue weighted by Crippen LogP contribution is 2.62. The SMILES string of the molecule is CC1(C)[C@H]2CC[C@]1(S(=O)(=O)Cl)C(=O)C2. The average molecular weight is 237 g/mol. The number of halogens is 1. The molecule has 2 fully saturated rings. The summed E-state index contributed by atoms with van der Waals surface area (Å²) in [7, 11) is 1.65. The summed E-state index contributed by atoms with van der Waals surface area (Å²) in [4.78, 5) is 11.8. The fraction of sp³-hybridized carbons (Fsp3) is 0.889. The van der Waals surface area contributed by atoms with Crippen molar-refractivity contribution >= 4 is 25.5 Å². The van der Waals surface area contributed by atoms with Crippen LogP contribution in [0.25, 0.3) is 0 Å². The fourth-order valence-electron chi connectivity index (χ4n) is 3.21. The van der Waals surface area contributed by atoms with Gasteiger partial charge in [-0.3, -0.25) is 4.79 Å². The van der Waals surface area contributed by atoms with Crippen molar-refractivity contribution in [2.24, 2.45) is 11.3 Å². The van der Waals surface area contributed by atoms with Crippen LogP contribution in [0.3, 0.4) is 0 Å². The Morgan fingerprint density at radius 1 is 1.43 bits per heavy atom. The van der Waals surface area contributed by atoms with Crippen molar-refractivity contribution in [1.29, 1.82) is 0 Å². The summed E-state index contributed by atoms with van der Waals surface area (Å²) in [5.74, 6) is -0.00252. The van der Waals surface area contributed by atoms with Gasteiger partial charge in [0.05, 0.1) is 0 Å². The molecule has 2 aliphatic carbocycles. The molecule has 0 aromatic heterocycles. The fourth-order valence-corrected chi connectivity index (χ4v) is 5.81. The minimum atomic E-state index is -3.81. The van der Waals surface area contributed by atoms with E-state index in [1.807, 2.05) is 13.8 Å². The summed E-state index contributed by atoms with van der Waals surface area (Å²) in [5, 5.41) is 0. The number of rotatable bonds is 1. The van der Waals surface area contributed by atoms with E-state index in [0.717, 1.165) is 6.42 Å². The maximum Gasteiger partial charge on any atom is 0.245 e. The van der Waals surface area contributed by atoms with E-state index >= 15 is 0 Å². The highest BCUT2D eigenvalue weighted by Gasteiger charge is 2.70. The third-order valence-electron chi connectivity index (χ3n) is 4.20. The van der Waals surface area contributed by atoms with Gasteiger partial charge in [-0.15, -0.1) is 0 Å². The van der Waals surface area contributed by atoms with Crippen molar-refractivity contribution in [2.75, 3.05) is 0 Å². The first-order valence-corrected chi connectivity index (χ1v) is 7.02. The molecule has 2 bridgehead atoms. The van der Waals surface area contributed by atoms with Crippen molar-refractivity contribution in [3.63, 3.8) is 0 Å². The minimum Gasteiger partial charge on any atom is -0.298 e. The predicted octanol–water partition coefficient (Wildman–Crippen LogP) is 1.70. The Hall–Kier alpha value is -0.0900. The summed E-state index contributed by atoms with van der Waals surface area (Å²) in [6.07, 6.45) is 1.57. The van der Waals surface area contributed by atoms with Crippen LogP contribution in [-0.4, -0.2) is 18.9 Å². The summed E-state index contributed by atoms with van der Waals surface area (Å²) in [6, 6.07) is 0. The van der Waals surface area contributed by atoms with E-state index in [4.69, 9.17) is 10.7 Å². The van der Waals surface area contributed by atoms with E-state index in [9.17, 15) is 13.2 Å². The number of hydrogen-bond acceptors (Lipinski definition) is 3. The molecule has 0 aromatic carbocycles. The van der Waals surface area contributed by atoms with Crippen molar-refractivity contribution in [1.82, 2.24) is 0 Å². The van der Waals surface area contributed by atoms with Crippen LogP contribution in [0, 0.1) is 11.3 Å².